The van der Waals surface area contributed by atoms with Gasteiger partial charge in [0.1, 0.15) is 0 Å². The van der Waals surface area contributed by atoms with Crippen LogP contribution in [0.3, 0.4) is 0 Å². The Morgan fingerprint density at radius 3 is 1.00 bits per heavy atom. The van der Waals surface area contributed by atoms with Crippen LogP contribution in [0.2, 0.25) is 0 Å². The van der Waals surface area contributed by atoms with Crippen LogP contribution >= 0.6 is 7.82 Å². The van der Waals surface area contributed by atoms with Gasteiger partial charge in [-0.25, -0.2) is 0 Å². The normalized spacial score (nSPS) is 7.38. The van der Waals surface area contributed by atoms with Crippen molar-refractivity contribution in [3.63, 3.8) is 0 Å². The molecule has 0 radical (unpaired) electrons. The molecule has 0 fully saturated rings. The average molecular weight is 152 g/mol. The Hall–Kier alpha value is 1.03. The zero-order valence-corrected chi connectivity index (χ0v) is 6.87. The minimum atomic E-state index is -5.39. The SMILES string of the molecule is O=P([O-])([O-])[O-].[Na+].[OH-].[OH-]. The third-order valence-electron chi connectivity index (χ3n) is 0. The summed E-state index contributed by atoms with van der Waals surface area (Å²) >= 11 is 0. The van der Waals surface area contributed by atoms with Crippen molar-refractivity contribution >= 4 is 7.82 Å². The third-order valence-corrected chi connectivity index (χ3v) is 0. The van der Waals surface area contributed by atoms with Gasteiger partial charge in [-0.3, -0.25) is 0 Å². The Morgan fingerprint density at radius 2 is 1.00 bits per heavy atom. The molecule has 0 atom stereocenters. The summed E-state index contributed by atoms with van der Waals surface area (Å²) < 4.78 is 8.55. The molecule has 0 bridgehead atoms. The van der Waals surface area contributed by atoms with Crippen LogP contribution < -0.4 is 44.2 Å². The Balaban J connectivity index is -0.0000000267. The van der Waals surface area contributed by atoms with Gasteiger partial charge in [0.15, 0.2) is 0 Å². The molecule has 0 saturated heterocycles. The minimum Gasteiger partial charge on any atom is -0.870 e. The van der Waals surface area contributed by atoms with Gasteiger partial charge in [-0.1, -0.05) is 0 Å². The number of hydrogen-bond acceptors (Lipinski definition) is 6. The summed E-state index contributed by atoms with van der Waals surface area (Å²) in [5.74, 6) is 0. The Morgan fingerprint density at radius 1 is 1.00 bits per heavy atom. The first-order chi connectivity index (χ1) is 2.00. The summed E-state index contributed by atoms with van der Waals surface area (Å²) in [6.45, 7) is 0. The number of rotatable bonds is 0. The second-order valence-electron chi connectivity index (χ2n) is 0.447. The van der Waals surface area contributed by atoms with E-state index in [1.165, 1.54) is 0 Å². The van der Waals surface area contributed by atoms with Gasteiger partial charge in [0.05, 0.1) is 0 Å². The molecular formula is H2NaO6P-4. The van der Waals surface area contributed by atoms with Crippen LogP contribution in [0.4, 0.5) is 0 Å². The van der Waals surface area contributed by atoms with Gasteiger partial charge in [0, 0.05) is 0 Å². The van der Waals surface area contributed by atoms with Crippen molar-refractivity contribution in [2.75, 3.05) is 0 Å². The molecule has 0 aromatic carbocycles. The molecule has 0 aliphatic heterocycles. The topological polar surface area (TPSA) is 146 Å². The molecule has 8 heavy (non-hydrogen) atoms. The largest absolute Gasteiger partial charge is 1.00 e. The van der Waals surface area contributed by atoms with Gasteiger partial charge in [-0.15, -0.1) is 0 Å². The van der Waals surface area contributed by atoms with Crippen molar-refractivity contribution in [3.8, 4) is 0 Å². The quantitative estimate of drug-likeness (QED) is 0.249. The zero-order valence-electron chi connectivity index (χ0n) is 3.97. The van der Waals surface area contributed by atoms with Crippen molar-refractivity contribution < 1.29 is 59.8 Å². The van der Waals surface area contributed by atoms with Crippen molar-refractivity contribution in [2.24, 2.45) is 0 Å². The molecule has 0 aromatic heterocycles. The van der Waals surface area contributed by atoms with E-state index in [0.29, 0.717) is 0 Å². The summed E-state index contributed by atoms with van der Waals surface area (Å²) in [6.07, 6.45) is 0. The van der Waals surface area contributed by atoms with E-state index >= 15 is 0 Å². The standard InChI is InChI=1S/Na.H3O4P.2H2O/c;1-5(2,3)4;;/h;(H3,1,2,3,4);2*1H2/q+1;;;/p-5. The summed E-state index contributed by atoms with van der Waals surface area (Å²) in [7, 11) is -5.39. The fourth-order valence-electron chi connectivity index (χ4n) is 0. The molecule has 0 aromatic rings. The Bertz CT molecular complexity index is 54.7. The van der Waals surface area contributed by atoms with E-state index in [0.717, 1.165) is 0 Å². The molecule has 0 aliphatic carbocycles. The second-order valence-corrected chi connectivity index (χ2v) is 1.34. The van der Waals surface area contributed by atoms with E-state index in [2.05, 4.69) is 0 Å². The van der Waals surface area contributed by atoms with Crippen LogP contribution in [-0.2, 0) is 4.57 Å². The molecule has 0 amide bonds. The molecule has 0 aliphatic rings. The first-order valence-corrected chi connectivity index (χ1v) is 2.19. The van der Waals surface area contributed by atoms with Crippen molar-refractivity contribution in [1.82, 2.24) is 0 Å². The van der Waals surface area contributed by atoms with Gasteiger partial charge >= 0.3 is 29.6 Å². The predicted molar refractivity (Wildman–Crippen MR) is 11.5 cm³/mol. The minimum absolute atomic E-state index is 0. The van der Waals surface area contributed by atoms with E-state index < -0.39 is 7.82 Å². The van der Waals surface area contributed by atoms with E-state index in [1.54, 1.807) is 0 Å². The van der Waals surface area contributed by atoms with Crippen molar-refractivity contribution in [1.29, 1.82) is 0 Å². The molecule has 8 heteroatoms. The number of phosphoric acid groups is 1. The maximum atomic E-state index is 8.55. The molecule has 0 saturated carbocycles. The summed E-state index contributed by atoms with van der Waals surface area (Å²) in [4.78, 5) is 25.6. The maximum absolute atomic E-state index is 8.55. The third kappa shape index (κ3) is 241. The smallest absolute Gasteiger partial charge is 0.870 e. The van der Waals surface area contributed by atoms with Crippen LogP contribution in [0.5, 0.6) is 0 Å². The fraction of sp³-hybridized carbons (Fsp3) is 0. The summed E-state index contributed by atoms with van der Waals surface area (Å²) in [6, 6.07) is 0. The van der Waals surface area contributed by atoms with Gasteiger partial charge in [0.2, 0.25) is 0 Å². The molecular weight excluding hydrogens is 150 g/mol. The van der Waals surface area contributed by atoms with Gasteiger partial charge in [-0.2, -0.15) is 7.82 Å². The van der Waals surface area contributed by atoms with Crippen LogP contribution in [-0.4, -0.2) is 11.0 Å². The van der Waals surface area contributed by atoms with Gasteiger partial charge < -0.3 is 30.2 Å². The first kappa shape index (κ1) is 23.0. The van der Waals surface area contributed by atoms with Gasteiger partial charge in [-0.05, 0) is 0 Å². The zero-order chi connectivity index (χ0) is 4.50. The van der Waals surface area contributed by atoms with Crippen LogP contribution in [0.15, 0.2) is 0 Å². The second kappa shape index (κ2) is 8.03. The molecule has 0 rings (SSSR count). The monoisotopic (exact) mass is 152 g/mol. The summed E-state index contributed by atoms with van der Waals surface area (Å²) in [5.41, 5.74) is 0. The predicted octanol–water partition coefficient (Wildman–Crippen LogP) is -6.17. The number of hydrogen-bond donors (Lipinski definition) is 0. The van der Waals surface area contributed by atoms with Crippen molar-refractivity contribution in [3.05, 3.63) is 0 Å². The van der Waals surface area contributed by atoms with Crippen LogP contribution in [0, 0.1) is 0 Å². The van der Waals surface area contributed by atoms with Crippen LogP contribution in [0.25, 0.3) is 0 Å². The van der Waals surface area contributed by atoms with Crippen LogP contribution in [0.1, 0.15) is 0 Å². The Labute approximate surface area is 67.7 Å². The van der Waals surface area contributed by atoms with E-state index in [9.17, 15) is 0 Å². The molecule has 6 nitrogen and oxygen atoms in total. The maximum Gasteiger partial charge on any atom is 1.00 e. The summed E-state index contributed by atoms with van der Waals surface area (Å²) in [5, 5.41) is 0. The van der Waals surface area contributed by atoms with E-state index in [-0.39, 0.29) is 40.5 Å². The fourth-order valence-corrected chi connectivity index (χ4v) is 0. The molecule has 2 N–H and O–H groups in total. The average Bonchev–Trinajstić information content (AvgIpc) is 0.722. The first-order valence-electron chi connectivity index (χ1n) is 0.730. The molecule has 0 unspecified atom stereocenters. The molecule has 0 spiro atoms. The van der Waals surface area contributed by atoms with E-state index in [4.69, 9.17) is 19.2 Å². The molecule has 0 heterocycles. The Kier molecular flexibility index (Phi) is 23.1. The van der Waals surface area contributed by atoms with Crippen molar-refractivity contribution in [2.45, 2.75) is 0 Å². The van der Waals surface area contributed by atoms with E-state index in [1.807, 2.05) is 0 Å². The van der Waals surface area contributed by atoms with Gasteiger partial charge in [0.25, 0.3) is 0 Å². The molecule has 48 valence electrons.